The normalized spacial score (nSPS) is 20.9. The summed E-state index contributed by atoms with van der Waals surface area (Å²) in [5.74, 6) is -0.133. The Kier molecular flexibility index (Phi) is 3.89. The van der Waals surface area contributed by atoms with Crippen molar-refractivity contribution in [3.63, 3.8) is 0 Å². The number of rotatable bonds is 2. The van der Waals surface area contributed by atoms with Crippen LogP contribution in [0.4, 0.5) is 5.69 Å². The molecule has 1 atom stereocenters. The number of carbonyl (C=O) groups excluding carboxylic acids is 2. The first-order valence-electron chi connectivity index (χ1n) is 7.45. The van der Waals surface area contributed by atoms with Crippen molar-refractivity contribution in [2.45, 2.75) is 5.37 Å². The summed E-state index contributed by atoms with van der Waals surface area (Å²) in [6, 6.07) is 11.6. The van der Waals surface area contributed by atoms with Gasteiger partial charge in [-0.1, -0.05) is 23.7 Å². The maximum absolute atomic E-state index is 12.3. The minimum absolute atomic E-state index is 0.148. The van der Waals surface area contributed by atoms with Crippen LogP contribution >= 0.6 is 23.4 Å². The lowest BCUT2D eigenvalue weighted by atomic mass is 10.1. The molecule has 2 aliphatic heterocycles. The molecule has 0 saturated carbocycles. The first kappa shape index (κ1) is 16.0. The molecule has 1 fully saturated rings. The summed E-state index contributed by atoms with van der Waals surface area (Å²) in [5.41, 5.74) is 2.18. The van der Waals surface area contributed by atoms with Gasteiger partial charge < -0.3 is 10.4 Å². The number of anilines is 1. The highest BCUT2D eigenvalue weighted by atomic mass is 35.5. The molecule has 2 aromatic carbocycles. The Labute approximate surface area is 152 Å². The first-order valence-corrected chi connectivity index (χ1v) is 8.88. The SMILES string of the molecule is O=C1Nc2ccc(Cl)cc2C1=NN1C(=O)CSC1c1ccc(O)cc1. The summed E-state index contributed by atoms with van der Waals surface area (Å²) < 4.78 is 0. The van der Waals surface area contributed by atoms with E-state index in [4.69, 9.17) is 11.6 Å². The third-order valence-electron chi connectivity index (χ3n) is 3.93. The molecule has 2 aromatic rings. The van der Waals surface area contributed by atoms with Crippen LogP contribution in [-0.4, -0.2) is 33.4 Å². The molecule has 0 aromatic heterocycles. The summed E-state index contributed by atoms with van der Waals surface area (Å²) in [5, 5.41) is 18.0. The molecule has 2 N–H and O–H groups in total. The van der Waals surface area contributed by atoms with Crippen LogP contribution in [0.3, 0.4) is 0 Å². The third-order valence-corrected chi connectivity index (χ3v) is 5.36. The number of hydrazone groups is 1. The zero-order chi connectivity index (χ0) is 17.6. The summed E-state index contributed by atoms with van der Waals surface area (Å²) in [6.45, 7) is 0. The number of nitrogens with one attached hydrogen (secondary N) is 1. The fraction of sp³-hybridized carbons (Fsp3) is 0.118. The first-order chi connectivity index (χ1) is 12.0. The van der Waals surface area contributed by atoms with Crippen LogP contribution in [0.1, 0.15) is 16.5 Å². The molecule has 4 rings (SSSR count). The number of phenols is 1. The fourth-order valence-electron chi connectivity index (χ4n) is 2.73. The zero-order valence-electron chi connectivity index (χ0n) is 12.8. The van der Waals surface area contributed by atoms with Crippen molar-refractivity contribution in [2.75, 3.05) is 11.1 Å². The highest BCUT2D eigenvalue weighted by molar-refractivity contribution is 8.00. The number of hydrogen-bond acceptors (Lipinski definition) is 5. The maximum Gasteiger partial charge on any atom is 0.276 e. The number of amides is 2. The predicted octanol–water partition coefficient (Wildman–Crippen LogP) is 2.98. The smallest absolute Gasteiger partial charge is 0.276 e. The molecule has 0 radical (unpaired) electrons. The Morgan fingerprint density at radius 1 is 1.20 bits per heavy atom. The van der Waals surface area contributed by atoms with Gasteiger partial charge in [-0.2, -0.15) is 5.10 Å². The number of hydrogen-bond donors (Lipinski definition) is 2. The van der Waals surface area contributed by atoms with Gasteiger partial charge in [0.05, 0.1) is 11.4 Å². The molecule has 2 amide bonds. The van der Waals surface area contributed by atoms with E-state index in [2.05, 4.69) is 10.4 Å². The topological polar surface area (TPSA) is 82.0 Å². The predicted molar refractivity (Wildman–Crippen MR) is 96.8 cm³/mol. The second-order valence-corrected chi connectivity index (χ2v) is 7.09. The molecule has 0 spiro atoms. The molecule has 1 unspecified atom stereocenters. The Bertz CT molecular complexity index is 914. The van der Waals surface area contributed by atoms with Crippen LogP contribution in [0.15, 0.2) is 47.6 Å². The third kappa shape index (κ3) is 2.85. The van der Waals surface area contributed by atoms with Crippen molar-refractivity contribution in [3.8, 4) is 5.75 Å². The summed E-state index contributed by atoms with van der Waals surface area (Å²) in [7, 11) is 0. The number of aromatic hydroxyl groups is 1. The molecule has 8 heteroatoms. The van der Waals surface area contributed by atoms with E-state index in [0.717, 1.165) is 5.56 Å². The van der Waals surface area contributed by atoms with Crippen molar-refractivity contribution in [1.29, 1.82) is 0 Å². The Hall–Kier alpha value is -2.51. The standard InChI is InChI=1S/C17H12ClN3O3S/c18-10-3-6-13-12(7-10)15(16(24)19-13)20-21-14(23)8-25-17(21)9-1-4-11(22)5-2-9/h1-7,17,22H,8H2,(H,19,20,24). The van der Waals surface area contributed by atoms with Gasteiger partial charge in [0.1, 0.15) is 11.1 Å². The van der Waals surface area contributed by atoms with Gasteiger partial charge in [-0.15, -0.1) is 11.8 Å². The molecule has 2 aliphatic rings. The lowest BCUT2D eigenvalue weighted by Gasteiger charge is -2.19. The van der Waals surface area contributed by atoms with Crippen LogP contribution in [-0.2, 0) is 9.59 Å². The minimum Gasteiger partial charge on any atom is -0.508 e. The van der Waals surface area contributed by atoms with Gasteiger partial charge in [0.25, 0.3) is 11.8 Å². The van der Waals surface area contributed by atoms with Gasteiger partial charge in [-0.3, -0.25) is 9.59 Å². The van der Waals surface area contributed by atoms with Gasteiger partial charge in [-0.05, 0) is 35.9 Å². The van der Waals surface area contributed by atoms with E-state index < -0.39 is 0 Å². The van der Waals surface area contributed by atoms with E-state index in [9.17, 15) is 14.7 Å². The van der Waals surface area contributed by atoms with E-state index in [-0.39, 0.29) is 34.4 Å². The average molecular weight is 374 g/mol. The number of carbonyl (C=O) groups is 2. The molecule has 6 nitrogen and oxygen atoms in total. The van der Waals surface area contributed by atoms with E-state index in [1.807, 2.05) is 0 Å². The van der Waals surface area contributed by atoms with E-state index in [0.29, 0.717) is 16.3 Å². The lowest BCUT2D eigenvalue weighted by molar-refractivity contribution is -0.128. The number of phenolic OH excluding ortho intramolecular Hbond substituents is 1. The van der Waals surface area contributed by atoms with Crippen molar-refractivity contribution < 1.29 is 14.7 Å². The van der Waals surface area contributed by atoms with Gasteiger partial charge >= 0.3 is 0 Å². The molecule has 0 bridgehead atoms. The van der Waals surface area contributed by atoms with Crippen molar-refractivity contribution in [2.24, 2.45) is 5.10 Å². The Morgan fingerprint density at radius 2 is 1.96 bits per heavy atom. The molecular formula is C17H12ClN3O3S. The highest BCUT2D eigenvalue weighted by Gasteiger charge is 2.36. The van der Waals surface area contributed by atoms with E-state index in [1.165, 1.54) is 16.8 Å². The molecule has 2 heterocycles. The van der Waals surface area contributed by atoms with Crippen LogP contribution in [0.5, 0.6) is 5.75 Å². The average Bonchev–Trinajstić information content (AvgIpc) is 3.10. The maximum atomic E-state index is 12.3. The second kappa shape index (κ2) is 6.09. The van der Waals surface area contributed by atoms with Crippen molar-refractivity contribution >= 4 is 46.6 Å². The molecule has 126 valence electrons. The molecular weight excluding hydrogens is 362 g/mol. The number of fused-ring (bicyclic) bond motifs is 1. The van der Waals surface area contributed by atoms with E-state index in [1.54, 1.807) is 42.5 Å². The zero-order valence-corrected chi connectivity index (χ0v) is 14.3. The fourth-order valence-corrected chi connectivity index (χ4v) is 3.99. The number of nitrogens with zero attached hydrogens (tertiary/aromatic N) is 2. The van der Waals surface area contributed by atoms with Crippen LogP contribution in [0.25, 0.3) is 0 Å². The Balaban J connectivity index is 1.74. The second-order valence-electron chi connectivity index (χ2n) is 5.59. The number of halogens is 1. The van der Waals surface area contributed by atoms with Crippen molar-refractivity contribution in [1.82, 2.24) is 5.01 Å². The van der Waals surface area contributed by atoms with Crippen molar-refractivity contribution in [3.05, 3.63) is 58.6 Å². The van der Waals surface area contributed by atoms with Gasteiger partial charge in [0.2, 0.25) is 0 Å². The summed E-state index contributed by atoms with van der Waals surface area (Å²) in [4.78, 5) is 24.6. The molecule has 1 saturated heterocycles. The summed E-state index contributed by atoms with van der Waals surface area (Å²) in [6.07, 6.45) is 0. The monoisotopic (exact) mass is 373 g/mol. The minimum atomic E-state index is -0.369. The van der Waals surface area contributed by atoms with Crippen LogP contribution in [0.2, 0.25) is 5.02 Å². The number of benzene rings is 2. The van der Waals surface area contributed by atoms with E-state index >= 15 is 0 Å². The highest BCUT2D eigenvalue weighted by Crippen LogP contribution is 2.40. The van der Waals surface area contributed by atoms with Gasteiger partial charge in [-0.25, -0.2) is 5.01 Å². The quantitative estimate of drug-likeness (QED) is 0.847. The summed E-state index contributed by atoms with van der Waals surface area (Å²) >= 11 is 7.44. The van der Waals surface area contributed by atoms with Gasteiger partial charge in [0.15, 0.2) is 5.71 Å². The van der Waals surface area contributed by atoms with Crippen LogP contribution < -0.4 is 5.32 Å². The lowest BCUT2D eigenvalue weighted by Crippen LogP contribution is -2.27. The van der Waals surface area contributed by atoms with Crippen LogP contribution in [0, 0.1) is 0 Å². The molecule has 0 aliphatic carbocycles. The largest absolute Gasteiger partial charge is 0.508 e. The molecule has 25 heavy (non-hydrogen) atoms. The number of thioether (sulfide) groups is 1. The van der Waals surface area contributed by atoms with Gasteiger partial charge in [0, 0.05) is 10.6 Å². The Morgan fingerprint density at radius 3 is 2.72 bits per heavy atom.